The molecule has 0 saturated carbocycles. The number of nitrogens with zero attached hydrogens (tertiary/aromatic N) is 1. The topological polar surface area (TPSA) is 57.6 Å². The lowest BCUT2D eigenvalue weighted by molar-refractivity contribution is -0.137. The van der Waals surface area contributed by atoms with Crippen LogP contribution in [-0.4, -0.2) is 23.5 Å². The number of fused-ring (bicyclic) bond motifs is 1. The highest BCUT2D eigenvalue weighted by Gasteiger charge is 2.35. The number of benzene rings is 1. The maximum atomic E-state index is 12.6. The van der Waals surface area contributed by atoms with Crippen molar-refractivity contribution in [2.75, 3.05) is 11.4 Å². The Labute approximate surface area is 119 Å². The largest absolute Gasteiger partial charge is 0.481 e. The molecule has 4 heteroatoms. The molecule has 2 atom stereocenters. The molecule has 0 bridgehead atoms. The highest BCUT2D eigenvalue weighted by Crippen LogP contribution is 2.39. The summed E-state index contributed by atoms with van der Waals surface area (Å²) < 4.78 is 0. The van der Waals surface area contributed by atoms with Gasteiger partial charge < -0.3 is 10.0 Å². The number of hydrogen-bond donors (Lipinski definition) is 1. The number of carboxylic acids is 1. The van der Waals surface area contributed by atoms with E-state index in [0.717, 1.165) is 11.3 Å². The first-order chi connectivity index (χ1) is 9.41. The molecule has 0 radical (unpaired) electrons. The highest BCUT2D eigenvalue weighted by atomic mass is 16.4. The molecule has 1 aliphatic rings. The number of carbonyl (C=O) groups excluding carboxylic acids is 1. The van der Waals surface area contributed by atoms with E-state index < -0.39 is 5.97 Å². The van der Waals surface area contributed by atoms with Gasteiger partial charge in [-0.15, -0.1) is 0 Å². The number of rotatable bonds is 4. The molecule has 2 rings (SSSR count). The Kier molecular flexibility index (Phi) is 4.12. The molecule has 2 unspecified atom stereocenters. The van der Waals surface area contributed by atoms with E-state index in [9.17, 15) is 9.59 Å². The van der Waals surface area contributed by atoms with Crippen LogP contribution in [0.5, 0.6) is 0 Å². The molecular formula is C16H21NO3. The van der Waals surface area contributed by atoms with Gasteiger partial charge in [0, 0.05) is 24.1 Å². The minimum atomic E-state index is -0.823. The predicted molar refractivity (Wildman–Crippen MR) is 77.8 cm³/mol. The second-order valence-corrected chi connectivity index (χ2v) is 5.84. The fourth-order valence-corrected chi connectivity index (χ4v) is 2.62. The number of amides is 1. The van der Waals surface area contributed by atoms with Crippen LogP contribution < -0.4 is 4.90 Å². The Morgan fingerprint density at radius 2 is 1.95 bits per heavy atom. The number of carbonyl (C=O) groups is 2. The van der Waals surface area contributed by atoms with Crippen LogP contribution in [0.15, 0.2) is 24.3 Å². The van der Waals surface area contributed by atoms with Gasteiger partial charge in [0.25, 0.3) is 0 Å². The van der Waals surface area contributed by atoms with E-state index >= 15 is 0 Å². The molecule has 0 aromatic heterocycles. The number of hydrogen-bond acceptors (Lipinski definition) is 2. The Morgan fingerprint density at radius 3 is 2.55 bits per heavy atom. The van der Waals surface area contributed by atoms with Gasteiger partial charge in [-0.1, -0.05) is 39.0 Å². The number of para-hydroxylation sites is 1. The van der Waals surface area contributed by atoms with Crippen LogP contribution in [0.4, 0.5) is 5.69 Å². The third-order valence-corrected chi connectivity index (χ3v) is 4.15. The van der Waals surface area contributed by atoms with Crippen LogP contribution in [0.3, 0.4) is 0 Å². The zero-order valence-corrected chi connectivity index (χ0v) is 12.2. The Hall–Kier alpha value is -1.84. The van der Waals surface area contributed by atoms with Crippen LogP contribution in [0.2, 0.25) is 0 Å². The molecule has 1 aromatic carbocycles. The summed E-state index contributed by atoms with van der Waals surface area (Å²) in [6.45, 7) is 6.46. The van der Waals surface area contributed by atoms with Gasteiger partial charge in [0.05, 0.1) is 6.42 Å². The maximum Gasteiger partial charge on any atom is 0.304 e. The quantitative estimate of drug-likeness (QED) is 0.919. The molecule has 1 aliphatic heterocycles. The Morgan fingerprint density at radius 1 is 1.30 bits per heavy atom. The van der Waals surface area contributed by atoms with Gasteiger partial charge in [-0.05, 0) is 17.5 Å². The van der Waals surface area contributed by atoms with E-state index in [1.807, 2.05) is 45.0 Å². The van der Waals surface area contributed by atoms with E-state index in [1.54, 1.807) is 4.90 Å². The fraction of sp³-hybridized carbons (Fsp3) is 0.500. The number of anilines is 1. The zero-order chi connectivity index (χ0) is 14.9. The number of carboxylic acid groups (broad SMARTS) is 1. The van der Waals surface area contributed by atoms with E-state index in [4.69, 9.17) is 5.11 Å². The summed E-state index contributed by atoms with van der Waals surface area (Å²) in [6, 6.07) is 7.62. The van der Waals surface area contributed by atoms with Crippen molar-refractivity contribution in [1.29, 1.82) is 0 Å². The van der Waals surface area contributed by atoms with Crippen LogP contribution in [0.25, 0.3) is 0 Å². The van der Waals surface area contributed by atoms with Crippen LogP contribution in [-0.2, 0) is 9.59 Å². The summed E-state index contributed by atoms with van der Waals surface area (Å²) in [6.07, 6.45) is 0.0663. The van der Waals surface area contributed by atoms with Crippen molar-refractivity contribution in [3.63, 3.8) is 0 Å². The molecule has 1 aromatic rings. The Balaban J connectivity index is 2.29. The molecule has 1 amide bonds. The molecule has 0 saturated heterocycles. The van der Waals surface area contributed by atoms with Gasteiger partial charge in [-0.2, -0.15) is 0 Å². The first kappa shape index (κ1) is 14.6. The van der Waals surface area contributed by atoms with Gasteiger partial charge in [-0.25, -0.2) is 0 Å². The van der Waals surface area contributed by atoms with Gasteiger partial charge in [-0.3, -0.25) is 9.59 Å². The molecule has 0 spiro atoms. The highest BCUT2D eigenvalue weighted by molar-refractivity contribution is 5.97. The third-order valence-electron chi connectivity index (χ3n) is 4.15. The lowest BCUT2D eigenvalue weighted by atomic mass is 9.96. The normalized spacial score (nSPS) is 19.0. The molecule has 0 aliphatic carbocycles. The molecule has 4 nitrogen and oxygen atoms in total. The van der Waals surface area contributed by atoms with Crippen LogP contribution >= 0.6 is 0 Å². The lowest BCUT2D eigenvalue weighted by Crippen LogP contribution is -2.36. The summed E-state index contributed by atoms with van der Waals surface area (Å²) in [5.74, 6) is -0.636. The van der Waals surface area contributed by atoms with Gasteiger partial charge in [0.2, 0.25) is 5.91 Å². The summed E-state index contributed by atoms with van der Waals surface area (Å²) in [5.41, 5.74) is 1.84. The average Bonchev–Trinajstić information content (AvgIpc) is 2.75. The summed E-state index contributed by atoms with van der Waals surface area (Å²) in [4.78, 5) is 25.3. The lowest BCUT2D eigenvalue weighted by Gasteiger charge is -2.24. The second-order valence-electron chi connectivity index (χ2n) is 5.84. The van der Waals surface area contributed by atoms with Crippen molar-refractivity contribution < 1.29 is 14.7 Å². The third kappa shape index (κ3) is 2.69. The first-order valence-corrected chi connectivity index (χ1v) is 7.04. The smallest absolute Gasteiger partial charge is 0.304 e. The van der Waals surface area contributed by atoms with Crippen LogP contribution in [0, 0.1) is 11.8 Å². The van der Waals surface area contributed by atoms with Gasteiger partial charge in [0.15, 0.2) is 0 Å². The monoisotopic (exact) mass is 275 g/mol. The molecule has 1 heterocycles. The first-order valence-electron chi connectivity index (χ1n) is 7.04. The summed E-state index contributed by atoms with van der Waals surface area (Å²) >= 11 is 0. The maximum absolute atomic E-state index is 12.6. The van der Waals surface area contributed by atoms with E-state index in [1.165, 1.54) is 0 Å². The minimum Gasteiger partial charge on any atom is -0.481 e. The minimum absolute atomic E-state index is 0.0633. The molecular weight excluding hydrogens is 254 g/mol. The van der Waals surface area contributed by atoms with Crippen molar-refractivity contribution in [2.24, 2.45) is 11.8 Å². The van der Waals surface area contributed by atoms with E-state index in [-0.39, 0.29) is 30.1 Å². The molecule has 0 fully saturated rings. The van der Waals surface area contributed by atoms with Crippen molar-refractivity contribution in [1.82, 2.24) is 0 Å². The van der Waals surface area contributed by atoms with Crippen molar-refractivity contribution in [3.8, 4) is 0 Å². The predicted octanol–water partition coefficient (Wildman–Crippen LogP) is 2.88. The van der Waals surface area contributed by atoms with E-state index in [2.05, 4.69) is 0 Å². The second kappa shape index (κ2) is 5.65. The van der Waals surface area contributed by atoms with Crippen molar-refractivity contribution in [2.45, 2.75) is 33.1 Å². The standard InChI is InChI=1S/C16H21NO3/c1-10(2)11(3)16(20)17-9-12(8-15(18)19)13-6-4-5-7-14(13)17/h4-7,10-12H,8-9H2,1-3H3,(H,18,19). The average molecular weight is 275 g/mol. The molecule has 1 N–H and O–H groups in total. The van der Waals surface area contributed by atoms with Crippen LogP contribution in [0.1, 0.15) is 38.7 Å². The van der Waals surface area contributed by atoms with Gasteiger partial charge >= 0.3 is 5.97 Å². The van der Waals surface area contributed by atoms with Crippen molar-refractivity contribution >= 4 is 17.6 Å². The molecule has 108 valence electrons. The molecule has 20 heavy (non-hydrogen) atoms. The Bertz CT molecular complexity index is 524. The van der Waals surface area contributed by atoms with Crippen molar-refractivity contribution in [3.05, 3.63) is 29.8 Å². The zero-order valence-electron chi connectivity index (χ0n) is 12.2. The van der Waals surface area contributed by atoms with E-state index in [0.29, 0.717) is 6.54 Å². The summed E-state index contributed by atoms with van der Waals surface area (Å²) in [5, 5.41) is 9.02. The fourth-order valence-electron chi connectivity index (χ4n) is 2.62. The summed E-state index contributed by atoms with van der Waals surface area (Å²) in [7, 11) is 0. The number of aliphatic carboxylic acids is 1. The SMILES string of the molecule is CC(C)C(C)C(=O)N1CC(CC(=O)O)c2ccccc21. The van der Waals surface area contributed by atoms with Gasteiger partial charge in [0.1, 0.15) is 0 Å².